The van der Waals surface area contributed by atoms with Crippen LogP contribution >= 0.6 is 0 Å². The highest BCUT2D eigenvalue weighted by Gasteiger charge is 2.15. The second-order valence-electron chi connectivity index (χ2n) is 5.90. The van der Waals surface area contributed by atoms with E-state index in [0.717, 1.165) is 17.4 Å². The molecule has 0 radical (unpaired) electrons. The quantitative estimate of drug-likeness (QED) is 0.803. The number of hydrogen-bond donors (Lipinski definition) is 1. The molecule has 0 aliphatic carbocycles. The van der Waals surface area contributed by atoms with Gasteiger partial charge >= 0.3 is 0 Å². The second kappa shape index (κ2) is 5.67. The molecule has 114 valence electrons. The molecular weight excluding hydrogens is 276 g/mol. The lowest BCUT2D eigenvalue weighted by Gasteiger charge is -2.11. The van der Waals surface area contributed by atoms with Crippen molar-refractivity contribution in [3.05, 3.63) is 48.4 Å². The second-order valence-corrected chi connectivity index (χ2v) is 5.90. The van der Waals surface area contributed by atoms with Crippen LogP contribution in [0.2, 0.25) is 0 Å². The first-order valence-corrected chi connectivity index (χ1v) is 7.43. The average molecular weight is 296 g/mol. The lowest BCUT2D eigenvalue weighted by atomic mass is 10.2. The highest BCUT2D eigenvalue weighted by atomic mass is 16.2. The molecule has 5 heteroatoms. The van der Waals surface area contributed by atoms with Crippen LogP contribution in [-0.4, -0.2) is 20.0 Å². The normalized spacial score (nSPS) is 11.3. The molecule has 0 bridgehead atoms. The topological polar surface area (TPSA) is 51.9 Å². The van der Waals surface area contributed by atoms with Crippen molar-refractivity contribution >= 4 is 22.8 Å². The number of nitrogens with one attached hydrogen (secondary N) is 1. The highest BCUT2D eigenvalue weighted by molar-refractivity contribution is 6.05. The average Bonchev–Trinajstić information content (AvgIpc) is 3.04. The zero-order chi connectivity index (χ0) is 15.7. The summed E-state index contributed by atoms with van der Waals surface area (Å²) in [5, 5.41) is 3.96. The van der Waals surface area contributed by atoms with Crippen molar-refractivity contribution in [3.63, 3.8) is 0 Å². The Hall–Kier alpha value is -2.56. The van der Waals surface area contributed by atoms with Crippen LogP contribution in [0.3, 0.4) is 0 Å². The molecular formula is C17H20N4O. The molecule has 1 N–H and O–H groups in total. The highest BCUT2D eigenvalue weighted by Crippen LogP contribution is 2.19. The fraction of sp³-hybridized carbons (Fsp3) is 0.294. The number of benzene rings is 1. The molecule has 0 aliphatic rings. The molecule has 0 saturated heterocycles. The molecule has 1 aromatic carbocycles. The van der Waals surface area contributed by atoms with Gasteiger partial charge in [-0.2, -0.15) is 0 Å². The maximum absolute atomic E-state index is 12.6. The van der Waals surface area contributed by atoms with Crippen LogP contribution in [0.15, 0.2) is 42.7 Å². The van der Waals surface area contributed by atoms with Crippen LogP contribution in [0, 0.1) is 5.92 Å². The van der Waals surface area contributed by atoms with E-state index in [1.807, 2.05) is 52.7 Å². The minimum absolute atomic E-state index is 0.144. The van der Waals surface area contributed by atoms with Crippen molar-refractivity contribution < 1.29 is 4.79 Å². The summed E-state index contributed by atoms with van der Waals surface area (Å²) in [5.74, 6) is 0.932. The van der Waals surface area contributed by atoms with Crippen molar-refractivity contribution in [2.24, 2.45) is 13.0 Å². The van der Waals surface area contributed by atoms with Gasteiger partial charge in [-0.25, -0.2) is 4.98 Å². The Morgan fingerprint density at radius 3 is 2.82 bits per heavy atom. The molecule has 5 nitrogen and oxygen atoms in total. The van der Waals surface area contributed by atoms with Gasteiger partial charge in [0.25, 0.3) is 5.91 Å². The Kier molecular flexibility index (Phi) is 3.71. The molecule has 22 heavy (non-hydrogen) atoms. The molecule has 0 aliphatic heterocycles. The van der Waals surface area contributed by atoms with Crippen LogP contribution < -0.4 is 5.32 Å². The fourth-order valence-electron chi connectivity index (χ4n) is 2.65. The lowest BCUT2D eigenvalue weighted by molar-refractivity contribution is 0.101. The van der Waals surface area contributed by atoms with Gasteiger partial charge in [-0.1, -0.05) is 32.0 Å². The number of nitrogens with zero attached hydrogens (tertiary/aromatic N) is 3. The minimum Gasteiger partial charge on any atom is -0.340 e. The van der Waals surface area contributed by atoms with E-state index >= 15 is 0 Å². The zero-order valence-electron chi connectivity index (χ0n) is 13.1. The predicted octanol–water partition coefficient (Wildman–Crippen LogP) is 3.28. The van der Waals surface area contributed by atoms with Gasteiger partial charge < -0.3 is 9.13 Å². The number of fused-ring (bicyclic) bond motifs is 1. The van der Waals surface area contributed by atoms with Crippen molar-refractivity contribution in [3.8, 4) is 0 Å². The summed E-state index contributed by atoms with van der Waals surface area (Å²) in [7, 11) is 1.90. The Morgan fingerprint density at radius 2 is 2.09 bits per heavy atom. The summed E-state index contributed by atoms with van der Waals surface area (Å²) >= 11 is 0. The number of imidazole rings is 1. The monoisotopic (exact) mass is 296 g/mol. The maximum Gasteiger partial charge on any atom is 0.274 e. The smallest absolute Gasteiger partial charge is 0.274 e. The number of hydrogen-bond acceptors (Lipinski definition) is 2. The molecule has 0 atom stereocenters. The van der Waals surface area contributed by atoms with E-state index < -0.39 is 0 Å². The fourth-order valence-corrected chi connectivity index (χ4v) is 2.65. The van der Waals surface area contributed by atoms with Gasteiger partial charge in [0.05, 0.1) is 0 Å². The molecule has 3 aromatic rings. The molecule has 1 amide bonds. The number of rotatable bonds is 4. The van der Waals surface area contributed by atoms with Crippen LogP contribution in [0.4, 0.5) is 5.95 Å². The Morgan fingerprint density at radius 1 is 1.32 bits per heavy atom. The van der Waals surface area contributed by atoms with Gasteiger partial charge in [0.1, 0.15) is 5.69 Å². The van der Waals surface area contributed by atoms with Gasteiger partial charge in [0, 0.05) is 36.9 Å². The van der Waals surface area contributed by atoms with Crippen molar-refractivity contribution in [1.82, 2.24) is 14.1 Å². The SMILES string of the molecule is CC(C)Cn1ccnc1NC(=O)c1cc2ccccc2n1C. The van der Waals surface area contributed by atoms with Gasteiger partial charge in [0.15, 0.2) is 0 Å². The number of carbonyl (C=O) groups is 1. The molecule has 2 heterocycles. The summed E-state index contributed by atoms with van der Waals surface area (Å²) < 4.78 is 3.87. The van der Waals surface area contributed by atoms with Gasteiger partial charge in [0.2, 0.25) is 5.95 Å². The van der Waals surface area contributed by atoms with E-state index in [9.17, 15) is 4.79 Å². The summed E-state index contributed by atoms with van der Waals surface area (Å²) in [6.07, 6.45) is 3.59. The van der Waals surface area contributed by atoms with E-state index in [0.29, 0.717) is 17.6 Å². The third-order valence-electron chi connectivity index (χ3n) is 3.69. The standard InChI is InChI=1S/C17H20N4O/c1-12(2)11-21-9-8-18-17(21)19-16(22)15-10-13-6-4-5-7-14(13)20(15)3/h4-10,12H,11H2,1-3H3,(H,18,19,22). The Bertz CT molecular complexity index is 813. The van der Waals surface area contributed by atoms with Gasteiger partial charge in [-0.05, 0) is 18.1 Å². The van der Waals surface area contributed by atoms with Crippen LogP contribution in [0.1, 0.15) is 24.3 Å². The molecule has 0 unspecified atom stereocenters. The number of aromatic nitrogens is 3. The Labute approximate surface area is 129 Å². The van der Waals surface area contributed by atoms with E-state index in [1.54, 1.807) is 6.20 Å². The number of para-hydroxylation sites is 1. The summed E-state index contributed by atoms with van der Waals surface area (Å²) in [6, 6.07) is 9.86. The molecule has 0 spiro atoms. The number of anilines is 1. The predicted molar refractivity (Wildman–Crippen MR) is 87.9 cm³/mol. The van der Waals surface area contributed by atoms with Crippen molar-refractivity contribution in [2.75, 3.05) is 5.32 Å². The van der Waals surface area contributed by atoms with Crippen LogP contribution in [0.25, 0.3) is 10.9 Å². The van der Waals surface area contributed by atoms with Crippen molar-refractivity contribution in [2.45, 2.75) is 20.4 Å². The molecule has 0 fully saturated rings. The van der Waals surface area contributed by atoms with E-state index in [1.165, 1.54) is 0 Å². The van der Waals surface area contributed by atoms with Crippen molar-refractivity contribution in [1.29, 1.82) is 0 Å². The lowest BCUT2D eigenvalue weighted by Crippen LogP contribution is -2.19. The molecule has 0 saturated carbocycles. The first-order chi connectivity index (χ1) is 10.6. The third-order valence-corrected chi connectivity index (χ3v) is 3.69. The third kappa shape index (κ3) is 2.62. The minimum atomic E-state index is -0.144. The summed E-state index contributed by atoms with van der Waals surface area (Å²) in [4.78, 5) is 16.8. The van der Waals surface area contributed by atoms with Gasteiger partial charge in [-0.15, -0.1) is 0 Å². The van der Waals surface area contributed by atoms with Crippen LogP contribution in [0.5, 0.6) is 0 Å². The first-order valence-electron chi connectivity index (χ1n) is 7.43. The van der Waals surface area contributed by atoms with E-state index in [4.69, 9.17) is 0 Å². The summed E-state index contributed by atoms with van der Waals surface area (Å²) in [5.41, 5.74) is 1.67. The number of carbonyl (C=O) groups excluding carboxylic acids is 1. The van der Waals surface area contributed by atoms with Crippen LogP contribution in [-0.2, 0) is 13.6 Å². The maximum atomic E-state index is 12.6. The Balaban J connectivity index is 1.88. The number of amides is 1. The zero-order valence-corrected chi connectivity index (χ0v) is 13.1. The van der Waals surface area contributed by atoms with Gasteiger partial charge in [-0.3, -0.25) is 10.1 Å². The first kappa shape index (κ1) is 14.4. The molecule has 2 aromatic heterocycles. The summed E-state index contributed by atoms with van der Waals surface area (Å²) in [6.45, 7) is 5.09. The van der Waals surface area contributed by atoms with E-state index in [-0.39, 0.29) is 5.91 Å². The molecule has 3 rings (SSSR count). The van der Waals surface area contributed by atoms with E-state index in [2.05, 4.69) is 24.1 Å². The largest absolute Gasteiger partial charge is 0.340 e. The number of aryl methyl sites for hydroxylation is 1.